The lowest BCUT2D eigenvalue weighted by Gasteiger charge is -2.16. The van der Waals surface area contributed by atoms with E-state index in [-0.39, 0.29) is 0 Å². The Hall–Kier alpha value is -0.530. The highest BCUT2D eigenvalue weighted by Gasteiger charge is 2.15. The Morgan fingerprint density at radius 2 is 2.08 bits per heavy atom. The van der Waals surface area contributed by atoms with Crippen molar-refractivity contribution in [2.75, 3.05) is 6.54 Å². The minimum absolute atomic E-state index is 0.634. The first-order chi connectivity index (χ1) is 6.20. The molecule has 0 unspecified atom stereocenters. The van der Waals surface area contributed by atoms with Crippen LogP contribution in [0.15, 0.2) is 17.1 Å². The molecule has 0 fully saturated rings. The molecule has 1 aromatic rings. The second-order valence-electron chi connectivity index (χ2n) is 3.10. The van der Waals surface area contributed by atoms with E-state index < -0.39 is 0 Å². The van der Waals surface area contributed by atoms with E-state index in [1.54, 1.807) is 0 Å². The fourth-order valence-corrected chi connectivity index (χ4v) is 2.03. The molecule has 1 aliphatic heterocycles. The summed E-state index contributed by atoms with van der Waals surface area (Å²) < 4.78 is 0. The van der Waals surface area contributed by atoms with Gasteiger partial charge in [0.15, 0.2) is 0 Å². The van der Waals surface area contributed by atoms with Gasteiger partial charge in [-0.15, -0.1) is 0 Å². The number of aliphatic imine (C=N–C) groups is 1. The first kappa shape index (κ1) is 9.04. The number of hydrogen-bond acceptors (Lipinski definition) is 1. The van der Waals surface area contributed by atoms with Gasteiger partial charge in [-0.05, 0) is 25.0 Å². The highest BCUT2D eigenvalue weighted by molar-refractivity contribution is 6.42. The number of nitrogens with zero attached hydrogens (tertiary/aromatic N) is 1. The number of hydrogen-bond donors (Lipinski definition) is 0. The van der Waals surface area contributed by atoms with Gasteiger partial charge >= 0.3 is 0 Å². The zero-order valence-electron chi connectivity index (χ0n) is 7.27. The molecule has 1 heterocycles. The maximum absolute atomic E-state index is 6.09. The molecule has 13 heavy (non-hydrogen) atoms. The minimum Gasteiger partial charge on any atom is -0.289 e. The van der Waals surface area contributed by atoms with Crippen LogP contribution in [-0.4, -0.2) is 12.3 Å². The Labute approximate surface area is 87.4 Å². The standard InChI is InChI=1S/C10H9Cl2N/c1-6-7-2-3-9(11)10(12)8(7)4-5-13-6/h2-3H,4-5H2,1H3. The van der Waals surface area contributed by atoms with Gasteiger partial charge < -0.3 is 0 Å². The molecule has 0 amide bonds. The maximum Gasteiger partial charge on any atom is 0.0631 e. The van der Waals surface area contributed by atoms with Crippen LogP contribution in [0, 0.1) is 0 Å². The monoisotopic (exact) mass is 213 g/mol. The van der Waals surface area contributed by atoms with Gasteiger partial charge in [-0.3, -0.25) is 4.99 Å². The van der Waals surface area contributed by atoms with Crippen molar-refractivity contribution < 1.29 is 0 Å². The number of fused-ring (bicyclic) bond motifs is 1. The summed E-state index contributed by atoms with van der Waals surface area (Å²) in [5.74, 6) is 0. The maximum atomic E-state index is 6.09. The third-order valence-electron chi connectivity index (χ3n) is 2.30. The Kier molecular flexibility index (Phi) is 2.31. The number of halogens is 2. The van der Waals surface area contributed by atoms with Crippen molar-refractivity contribution in [2.24, 2.45) is 4.99 Å². The summed E-state index contributed by atoms with van der Waals surface area (Å²) in [6.07, 6.45) is 0.895. The van der Waals surface area contributed by atoms with Gasteiger partial charge in [0.25, 0.3) is 0 Å². The summed E-state index contributed by atoms with van der Waals surface area (Å²) in [6, 6.07) is 3.81. The molecule has 3 heteroatoms. The molecule has 0 N–H and O–H groups in total. The van der Waals surface area contributed by atoms with Crippen LogP contribution >= 0.6 is 23.2 Å². The predicted molar refractivity (Wildman–Crippen MR) is 57.2 cm³/mol. The van der Waals surface area contributed by atoms with Crippen molar-refractivity contribution in [3.05, 3.63) is 33.3 Å². The summed E-state index contributed by atoms with van der Waals surface area (Å²) in [4.78, 5) is 4.36. The Morgan fingerprint density at radius 1 is 1.31 bits per heavy atom. The lowest BCUT2D eigenvalue weighted by molar-refractivity contribution is 0.942. The van der Waals surface area contributed by atoms with Crippen LogP contribution < -0.4 is 0 Å². The molecule has 1 aromatic carbocycles. The summed E-state index contributed by atoms with van der Waals surface area (Å²) in [7, 11) is 0. The van der Waals surface area contributed by atoms with Crippen molar-refractivity contribution >= 4 is 28.9 Å². The van der Waals surface area contributed by atoms with Crippen LogP contribution in [0.4, 0.5) is 0 Å². The molecular formula is C10H9Cl2N. The van der Waals surface area contributed by atoms with Gasteiger partial charge in [0.1, 0.15) is 0 Å². The molecule has 0 saturated carbocycles. The number of benzene rings is 1. The highest BCUT2D eigenvalue weighted by atomic mass is 35.5. The summed E-state index contributed by atoms with van der Waals surface area (Å²) >= 11 is 12.0. The summed E-state index contributed by atoms with van der Waals surface area (Å²) in [6.45, 7) is 2.82. The fourth-order valence-electron chi connectivity index (χ4n) is 1.60. The number of rotatable bonds is 0. The Balaban J connectivity index is 2.65. The quantitative estimate of drug-likeness (QED) is 0.627. The Bertz CT molecular complexity index is 383. The summed E-state index contributed by atoms with van der Waals surface area (Å²) in [5, 5.41) is 1.32. The lowest BCUT2D eigenvalue weighted by Crippen LogP contribution is -2.10. The van der Waals surface area contributed by atoms with E-state index in [1.807, 2.05) is 19.1 Å². The largest absolute Gasteiger partial charge is 0.289 e. The smallest absolute Gasteiger partial charge is 0.0631 e. The van der Waals surface area contributed by atoms with Crippen molar-refractivity contribution in [2.45, 2.75) is 13.3 Å². The van der Waals surface area contributed by atoms with Crippen molar-refractivity contribution in [1.82, 2.24) is 0 Å². The first-order valence-corrected chi connectivity index (χ1v) is 4.94. The first-order valence-electron chi connectivity index (χ1n) is 4.18. The Morgan fingerprint density at radius 3 is 2.85 bits per heavy atom. The second kappa shape index (κ2) is 3.32. The van der Waals surface area contributed by atoms with Crippen LogP contribution in [0.1, 0.15) is 18.1 Å². The van der Waals surface area contributed by atoms with Gasteiger partial charge in [0.2, 0.25) is 0 Å². The van der Waals surface area contributed by atoms with Crippen molar-refractivity contribution in [3.63, 3.8) is 0 Å². The molecule has 0 saturated heterocycles. The molecule has 0 aromatic heterocycles. The molecule has 0 bridgehead atoms. The molecule has 0 aliphatic carbocycles. The molecular weight excluding hydrogens is 205 g/mol. The third-order valence-corrected chi connectivity index (χ3v) is 3.14. The molecule has 1 nitrogen and oxygen atoms in total. The average molecular weight is 214 g/mol. The second-order valence-corrected chi connectivity index (χ2v) is 3.89. The van der Waals surface area contributed by atoms with Crippen LogP contribution in [-0.2, 0) is 6.42 Å². The molecule has 0 atom stereocenters. The topological polar surface area (TPSA) is 12.4 Å². The zero-order valence-corrected chi connectivity index (χ0v) is 8.78. The van der Waals surface area contributed by atoms with Gasteiger partial charge in [-0.25, -0.2) is 0 Å². The van der Waals surface area contributed by atoms with E-state index in [9.17, 15) is 0 Å². The molecule has 0 radical (unpaired) electrons. The molecule has 2 rings (SSSR count). The predicted octanol–water partition coefficient (Wildman–Crippen LogP) is 3.36. The van der Waals surface area contributed by atoms with E-state index in [4.69, 9.17) is 23.2 Å². The fraction of sp³-hybridized carbons (Fsp3) is 0.300. The van der Waals surface area contributed by atoms with E-state index in [2.05, 4.69) is 4.99 Å². The highest BCUT2D eigenvalue weighted by Crippen LogP contribution is 2.30. The van der Waals surface area contributed by atoms with Crippen molar-refractivity contribution in [3.8, 4) is 0 Å². The summed E-state index contributed by atoms with van der Waals surface area (Å²) in [5.41, 5.74) is 3.34. The molecule has 68 valence electrons. The van der Waals surface area contributed by atoms with E-state index >= 15 is 0 Å². The van der Waals surface area contributed by atoms with Crippen LogP contribution in [0.25, 0.3) is 0 Å². The van der Waals surface area contributed by atoms with Crippen molar-refractivity contribution in [1.29, 1.82) is 0 Å². The van der Waals surface area contributed by atoms with Crippen LogP contribution in [0.2, 0.25) is 10.0 Å². The lowest BCUT2D eigenvalue weighted by atomic mass is 9.98. The zero-order chi connectivity index (χ0) is 9.42. The average Bonchev–Trinajstić information content (AvgIpc) is 2.12. The molecule has 0 spiro atoms. The molecule has 1 aliphatic rings. The van der Waals surface area contributed by atoms with Gasteiger partial charge in [0, 0.05) is 17.8 Å². The van der Waals surface area contributed by atoms with Gasteiger partial charge in [0.05, 0.1) is 10.0 Å². The van der Waals surface area contributed by atoms with Crippen LogP contribution in [0.3, 0.4) is 0 Å². The van der Waals surface area contributed by atoms with E-state index in [0.717, 1.165) is 29.8 Å². The van der Waals surface area contributed by atoms with Gasteiger partial charge in [-0.2, -0.15) is 0 Å². The minimum atomic E-state index is 0.634. The van der Waals surface area contributed by atoms with E-state index in [0.29, 0.717) is 10.0 Å². The normalized spacial score (nSPS) is 15.2. The van der Waals surface area contributed by atoms with E-state index in [1.165, 1.54) is 0 Å². The third kappa shape index (κ3) is 1.47. The van der Waals surface area contributed by atoms with Crippen LogP contribution in [0.5, 0.6) is 0 Å². The van der Waals surface area contributed by atoms with Gasteiger partial charge in [-0.1, -0.05) is 29.3 Å². The SMILES string of the molecule is CC1=NCCc2c1ccc(Cl)c2Cl.